The molecule has 1 saturated heterocycles. The minimum atomic E-state index is -0.130. The highest BCUT2D eigenvalue weighted by molar-refractivity contribution is 5.97. The minimum Gasteiger partial charge on any atom is -0.324 e. The Labute approximate surface area is 91.2 Å². The van der Waals surface area contributed by atoms with Crippen LogP contribution in [0.1, 0.15) is 34.1 Å². The summed E-state index contributed by atoms with van der Waals surface area (Å²) in [4.78, 5) is 26.6. The first-order chi connectivity index (χ1) is 6.93. The van der Waals surface area contributed by atoms with E-state index < -0.39 is 0 Å². The standard InChI is InChI=1S/C11H20N2O2/c1-8(2)7-12-6-5-10(14)13(9(3)4)11(12)15/h8-9H,5-7H2,1-4H3. The monoisotopic (exact) mass is 212 g/mol. The molecule has 0 aromatic carbocycles. The zero-order valence-corrected chi connectivity index (χ0v) is 9.99. The fourth-order valence-corrected chi connectivity index (χ4v) is 1.82. The van der Waals surface area contributed by atoms with Crippen LogP contribution in [0.5, 0.6) is 0 Å². The number of carbonyl (C=O) groups is 2. The number of hydrogen-bond acceptors (Lipinski definition) is 2. The summed E-state index contributed by atoms with van der Waals surface area (Å²) in [6.07, 6.45) is 0.455. The molecule has 15 heavy (non-hydrogen) atoms. The van der Waals surface area contributed by atoms with Crippen LogP contribution in [-0.4, -0.2) is 40.9 Å². The van der Waals surface area contributed by atoms with E-state index in [2.05, 4.69) is 13.8 Å². The molecule has 0 bridgehead atoms. The number of rotatable bonds is 3. The van der Waals surface area contributed by atoms with E-state index in [9.17, 15) is 9.59 Å². The number of hydrogen-bond donors (Lipinski definition) is 0. The molecule has 4 nitrogen and oxygen atoms in total. The second-order valence-electron chi connectivity index (χ2n) is 4.73. The van der Waals surface area contributed by atoms with Gasteiger partial charge >= 0.3 is 6.03 Å². The van der Waals surface area contributed by atoms with Crippen molar-refractivity contribution in [3.05, 3.63) is 0 Å². The third kappa shape index (κ3) is 2.70. The van der Waals surface area contributed by atoms with E-state index in [1.54, 1.807) is 4.90 Å². The number of urea groups is 1. The molecule has 0 aromatic rings. The lowest BCUT2D eigenvalue weighted by Gasteiger charge is -2.37. The van der Waals surface area contributed by atoms with Crippen molar-refractivity contribution in [2.75, 3.05) is 13.1 Å². The summed E-state index contributed by atoms with van der Waals surface area (Å²) >= 11 is 0. The molecule has 0 spiro atoms. The predicted molar refractivity (Wildman–Crippen MR) is 58.4 cm³/mol. The summed E-state index contributed by atoms with van der Waals surface area (Å²) in [6.45, 7) is 9.19. The molecule has 0 unspecified atom stereocenters. The normalized spacial score (nSPS) is 18.3. The van der Waals surface area contributed by atoms with Crippen molar-refractivity contribution in [1.29, 1.82) is 0 Å². The lowest BCUT2D eigenvalue weighted by atomic mass is 10.1. The summed E-state index contributed by atoms with van der Waals surface area (Å²) in [5, 5.41) is 0. The Morgan fingerprint density at radius 3 is 2.27 bits per heavy atom. The minimum absolute atomic E-state index is 0.0417. The quantitative estimate of drug-likeness (QED) is 0.714. The molecule has 1 aliphatic heterocycles. The molecule has 0 atom stereocenters. The maximum absolute atomic E-state index is 11.9. The number of imide groups is 1. The maximum Gasteiger partial charge on any atom is 0.326 e. The van der Waals surface area contributed by atoms with Gasteiger partial charge in [0.25, 0.3) is 0 Å². The Balaban J connectivity index is 2.72. The average molecular weight is 212 g/mol. The molecule has 3 amide bonds. The first kappa shape index (κ1) is 12.0. The largest absolute Gasteiger partial charge is 0.326 e. The van der Waals surface area contributed by atoms with E-state index in [0.717, 1.165) is 6.54 Å². The van der Waals surface area contributed by atoms with Crippen molar-refractivity contribution in [2.45, 2.75) is 40.2 Å². The van der Waals surface area contributed by atoms with Crippen molar-refractivity contribution < 1.29 is 9.59 Å². The van der Waals surface area contributed by atoms with Crippen molar-refractivity contribution in [1.82, 2.24) is 9.80 Å². The highest BCUT2D eigenvalue weighted by Gasteiger charge is 2.33. The van der Waals surface area contributed by atoms with E-state index in [-0.39, 0.29) is 18.0 Å². The molecule has 0 saturated carbocycles. The number of nitrogens with zero attached hydrogens (tertiary/aromatic N) is 2. The van der Waals surface area contributed by atoms with Crippen LogP contribution in [0.4, 0.5) is 4.79 Å². The van der Waals surface area contributed by atoms with Crippen LogP contribution in [0.15, 0.2) is 0 Å². The van der Waals surface area contributed by atoms with Crippen molar-refractivity contribution in [3.63, 3.8) is 0 Å². The molecule has 86 valence electrons. The molecule has 1 heterocycles. The third-order valence-electron chi connectivity index (χ3n) is 2.44. The van der Waals surface area contributed by atoms with Crippen LogP contribution in [-0.2, 0) is 4.79 Å². The van der Waals surface area contributed by atoms with Gasteiger partial charge in [-0.3, -0.25) is 9.69 Å². The molecule has 0 aromatic heterocycles. The Morgan fingerprint density at radius 1 is 1.20 bits per heavy atom. The summed E-state index contributed by atoms with van der Waals surface area (Å²) in [6, 6.07) is -0.171. The fraction of sp³-hybridized carbons (Fsp3) is 0.818. The first-order valence-corrected chi connectivity index (χ1v) is 5.54. The summed E-state index contributed by atoms with van der Waals surface area (Å²) < 4.78 is 0. The molecule has 0 aliphatic carbocycles. The van der Waals surface area contributed by atoms with Crippen LogP contribution in [0.3, 0.4) is 0 Å². The molecular weight excluding hydrogens is 192 g/mol. The second kappa shape index (κ2) is 4.64. The van der Waals surface area contributed by atoms with Gasteiger partial charge in [-0.15, -0.1) is 0 Å². The Morgan fingerprint density at radius 2 is 1.80 bits per heavy atom. The van der Waals surface area contributed by atoms with E-state index >= 15 is 0 Å². The molecule has 0 radical (unpaired) electrons. The molecule has 1 rings (SSSR count). The smallest absolute Gasteiger partial charge is 0.324 e. The highest BCUT2D eigenvalue weighted by Crippen LogP contribution is 2.15. The summed E-state index contributed by atoms with van der Waals surface area (Å²) in [7, 11) is 0. The van der Waals surface area contributed by atoms with Gasteiger partial charge in [-0.25, -0.2) is 4.79 Å². The van der Waals surface area contributed by atoms with E-state index in [0.29, 0.717) is 18.9 Å². The summed E-state index contributed by atoms with van der Waals surface area (Å²) in [5.74, 6) is 0.395. The number of amides is 3. The lowest BCUT2D eigenvalue weighted by Crippen LogP contribution is -2.55. The van der Waals surface area contributed by atoms with Gasteiger partial charge in [0, 0.05) is 25.6 Å². The highest BCUT2D eigenvalue weighted by atomic mass is 16.2. The van der Waals surface area contributed by atoms with Crippen LogP contribution in [0.2, 0.25) is 0 Å². The molecular formula is C11H20N2O2. The predicted octanol–water partition coefficient (Wildman–Crippen LogP) is 1.71. The first-order valence-electron chi connectivity index (χ1n) is 5.54. The summed E-state index contributed by atoms with van der Waals surface area (Å²) in [5.41, 5.74) is 0. The zero-order chi connectivity index (χ0) is 11.6. The van der Waals surface area contributed by atoms with E-state index in [1.165, 1.54) is 4.90 Å². The molecule has 4 heteroatoms. The van der Waals surface area contributed by atoms with Crippen LogP contribution < -0.4 is 0 Å². The lowest BCUT2D eigenvalue weighted by molar-refractivity contribution is -0.132. The molecule has 0 N–H and O–H groups in total. The Bertz CT molecular complexity index is 261. The maximum atomic E-state index is 11.9. The second-order valence-corrected chi connectivity index (χ2v) is 4.73. The SMILES string of the molecule is CC(C)CN1CCC(=O)N(C(C)C)C1=O. The van der Waals surface area contributed by atoms with Crippen molar-refractivity contribution in [2.24, 2.45) is 5.92 Å². The van der Waals surface area contributed by atoms with Gasteiger partial charge in [0.15, 0.2) is 0 Å². The van der Waals surface area contributed by atoms with Gasteiger partial charge in [0.05, 0.1) is 0 Å². The van der Waals surface area contributed by atoms with Gasteiger partial charge in [-0.05, 0) is 19.8 Å². The Kier molecular flexibility index (Phi) is 3.72. The van der Waals surface area contributed by atoms with Gasteiger partial charge < -0.3 is 4.90 Å². The average Bonchev–Trinajstić information content (AvgIpc) is 2.09. The molecule has 1 fully saturated rings. The van der Waals surface area contributed by atoms with Gasteiger partial charge in [-0.2, -0.15) is 0 Å². The number of carbonyl (C=O) groups excluding carboxylic acids is 2. The van der Waals surface area contributed by atoms with Crippen LogP contribution in [0, 0.1) is 5.92 Å². The Hall–Kier alpha value is -1.06. The van der Waals surface area contributed by atoms with Crippen LogP contribution >= 0.6 is 0 Å². The van der Waals surface area contributed by atoms with E-state index in [4.69, 9.17) is 0 Å². The van der Waals surface area contributed by atoms with Crippen molar-refractivity contribution in [3.8, 4) is 0 Å². The van der Waals surface area contributed by atoms with Crippen LogP contribution in [0.25, 0.3) is 0 Å². The van der Waals surface area contributed by atoms with Crippen molar-refractivity contribution >= 4 is 11.9 Å². The zero-order valence-electron chi connectivity index (χ0n) is 9.99. The molecule has 1 aliphatic rings. The fourth-order valence-electron chi connectivity index (χ4n) is 1.82. The van der Waals surface area contributed by atoms with Gasteiger partial charge in [-0.1, -0.05) is 13.8 Å². The topological polar surface area (TPSA) is 40.6 Å². The third-order valence-corrected chi connectivity index (χ3v) is 2.44. The van der Waals surface area contributed by atoms with E-state index in [1.807, 2.05) is 13.8 Å². The van der Waals surface area contributed by atoms with Gasteiger partial charge in [0.1, 0.15) is 0 Å². The van der Waals surface area contributed by atoms with Gasteiger partial charge in [0.2, 0.25) is 5.91 Å².